The molecular formula is C9H18F3NO. The van der Waals surface area contributed by atoms with E-state index >= 15 is 0 Å². The first-order valence-corrected chi connectivity index (χ1v) is 4.39. The summed E-state index contributed by atoms with van der Waals surface area (Å²) >= 11 is 0. The molecule has 0 saturated heterocycles. The van der Waals surface area contributed by atoms with Gasteiger partial charge in [0.2, 0.25) is 0 Å². The lowest BCUT2D eigenvalue weighted by atomic mass is 9.87. The van der Waals surface area contributed by atoms with Gasteiger partial charge in [-0.1, -0.05) is 0 Å². The van der Waals surface area contributed by atoms with Gasteiger partial charge >= 0.3 is 6.18 Å². The van der Waals surface area contributed by atoms with Gasteiger partial charge in [-0.3, -0.25) is 0 Å². The summed E-state index contributed by atoms with van der Waals surface area (Å²) in [5.74, 6) is 0. The van der Waals surface area contributed by atoms with E-state index in [-0.39, 0.29) is 6.42 Å². The van der Waals surface area contributed by atoms with Crippen LogP contribution in [-0.2, 0) is 4.74 Å². The van der Waals surface area contributed by atoms with Crippen LogP contribution in [0.1, 0.15) is 27.2 Å². The fourth-order valence-electron chi connectivity index (χ4n) is 1.25. The molecule has 0 aliphatic rings. The van der Waals surface area contributed by atoms with Gasteiger partial charge in [-0.2, -0.15) is 13.2 Å². The van der Waals surface area contributed by atoms with Crippen LogP contribution in [0.3, 0.4) is 0 Å². The van der Waals surface area contributed by atoms with Crippen molar-refractivity contribution in [1.82, 2.24) is 5.32 Å². The van der Waals surface area contributed by atoms with Crippen molar-refractivity contribution >= 4 is 0 Å². The second kappa shape index (κ2) is 4.06. The van der Waals surface area contributed by atoms with Gasteiger partial charge in [-0.05, 0) is 27.8 Å². The zero-order valence-electron chi connectivity index (χ0n) is 9.25. The summed E-state index contributed by atoms with van der Waals surface area (Å²) in [6.45, 7) is 4.40. The fraction of sp³-hybridized carbons (Fsp3) is 1.00. The molecule has 14 heavy (non-hydrogen) atoms. The predicted octanol–water partition coefficient (Wildman–Crippen LogP) is 2.34. The van der Waals surface area contributed by atoms with Gasteiger partial charge in [0.05, 0.1) is 5.60 Å². The highest BCUT2D eigenvalue weighted by Crippen LogP contribution is 2.36. The van der Waals surface area contributed by atoms with Crippen LogP contribution in [-0.4, -0.2) is 31.5 Å². The van der Waals surface area contributed by atoms with E-state index in [9.17, 15) is 13.2 Å². The molecular weight excluding hydrogens is 195 g/mol. The molecule has 1 N–H and O–H groups in total. The highest BCUT2D eigenvalue weighted by molar-refractivity contribution is 4.94. The summed E-state index contributed by atoms with van der Waals surface area (Å²) < 4.78 is 43.0. The first-order chi connectivity index (χ1) is 6.08. The monoisotopic (exact) mass is 213 g/mol. The summed E-state index contributed by atoms with van der Waals surface area (Å²) in [5.41, 5.74) is -2.71. The van der Waals surface area contributed by atoms with E-state index in [1.807, 2.05) is 0 Å². The summed E-state index contributed by atoms with van der Waals surface area (Å²) in [6.07, 6.45) is -4.41. The van der Waals surface area contributed by atoms with Gasteiger partial charge in [0.25, 0.3) is 0 Å². The third kappa shape index (κ3) is 3.13. The molecule has 0 amide bonds. The minimum atomic E-state index is -4.28. The van der Waals surface area contributed by atoms with Crippen LogP contribution in [0.15, 0.2) is 0 Å². The van der Waals surface area contributed by atoms with E-state index in [2.05, 4.69) is 5.32 Å². The van der Waals surface area contributed by atoms with Crippen molar-refractivity contribution in [3.05, 3.63) is 0 Å². The summed E-state index contributed by atoms with van der Waals surface area (Å²) in [5, 5.41) is 2.30. The fourth-order valence-corrected chi connectivity index (χ4v) is 1.25. The zero-order chi connectivity index (χ0) is 11.6. The van der Waals surface area contributed by atoms with Gasteiger partial charge in [0.15, 0.2) is 0 Å². The van der Waals surface area contributed by atoms with Crippen LogP contribution in [0.4, 0.5) is 13.2 Å². The Morgan fingerprint density at radius 3 is 1.79 bits per heavy atom. The first-order valence-electron chi connectivity index (χ1n) is 4.39. The number of ether oxygens (including phenoxy) is 1. The molecule has 0 heterocycles. The lowest BCUT2D eigenvalue weighted by molar-refractivity contribution is -0.204. The Balaban J connectivity index is 4.74. The van der Waals surface area contributed by atoms with Gasteiger partial charge < -0.3 is 10.1 Å². The van der Waals surface area contributed by atoms with Crippen LogP contribution in [0.25, 0.3) is 0 Å². The number of halogens is 3. The predicted molar refractivity (Wildman–Crippen MR) is 49.2 cm³/mol. The Morgan fingerprint density at radius 1 is 1.14 bits per heavy atom. The normalized spacial score (nSPS) is 18.0. The number of hydrogen-bond acceptors (Lipinski definition) is 2. The summed E-state index contributed by atoms with van der Waals surface area (Å²) in [6, 6.07) is 0. The maximum Gasteiger partial charge on any atom is 0.406 e. The standard InChI is InChI=1S/C9H18F3NO/c1-7(2,14-5)6-8(3,13-4)9(10,11)12/h13H,6H2,1-5H3. The van der Waals surface area contributed by atoms with Crippen molar-refractivity contribution in [1.29, 1.82) is 0 Å². The van der Waals surface area contributed by atoms with E-state index in [0.29, 0.717) is 0 Å². The molecule has 86 valence electrons. The molecule has 0 fully saturated rings. The van der Waals surface area contributed by atoms with E-state index < -0.39 is 17.3 Å². The number of methoxy groups -OCH3 is 1. The zero-order valence-corrected chi connectivity index (χ0v) is 9.25. The van der Waals surface area contributed by atoms with Crippen molar-refractivity contribution in [2.24, 2.45) is 0 Å². The smallest absolute Gasteiger partial charge is 0.379 e. The van der Waals surface area contributed by atoms with Crippen molar-refractivity contribution in [2.75, 3.05) is 14.2 Å². The molecule has 1 unspecified atom stereocenters. The van der Waals surface area contributed by atoms with Crippen LogP contribution in [0.5, 0.6) is 0 Å². The highest BCUT2D eigenvalue weighted by Gasteiger charge is 2.52. The third-order valence-electron chi connectivity index (χ3n) is 2.51. The molecule has 0 aliphatic carbocycles. The second-order valence-electron chi connectivity index (χ2n) is 4.22. The van der Waals surface area contributed by atoms with Gasteiger partial charge in [-0.25, -0.2) is 0 Å². The molecule has 0 rings (SSSR count). The maximum absolute atomic E-state index is 12.7. The number of alkyl halides is 3. The number of rotatable bonds is 4. The van der Waals surface area contributed by atoms with Crippen LogP contribution >= 0.6 is 0 Å². The Kier molecular flexibility index (Phi) is 3.98. The maximum atomic E-state index is 12.7. The highest BCUT2D eigenvalue weighted by atomic mass is 19.4. The molecule has 0 bridgehead atoms. The molecule has 5 heteroatoms. The molecule has 0 aromatic heterocycles. The lowest BCUT2D eigenvalue weighted by Gasteiger charge is -2.37. The quantitative estimate of drug-likeness (QED) is 0.774. The molecule has 0 aliphatic heterocycles. The molecule has 0 spiro atoms. The first kappa shape index (κ1) is 13.7. The van der Waals surface area contributed by atoms with E-state index in [4.69, 9.17) is 4.74 Å². The van der Waals surface area contributed by atoms with Crippen molar-refractivity contribution in [3.8, 4) is 0 Å². The SMILES string of the molecule is CNC(C)(CC(C)(C)OC)C(F)(F)F. The minimum Gasteiger partial charge on any atom is -0.379 e. The van der Waals surface area contributed by atoms with Gasteiger partial charge in [0, 0.05) is 13.5 Å². The molecule has 0 aromatic rings. The second-order valence-corrected chi connectivity index (χ2v) is 4.22. The van der Waals surface area contributed by atoms with E-state index in [0.717, 1.165) is 6.92 Å². The van der Waals surface area contributed by atoms with E-state index in [1.54, 1.807) is 13.8 Å². The third-order valence-corrected chi connectivity index (χ3v) is 2.51. The number of nitrogens with one attached hydrogen (secondary N) is 1. The van der Waals surface area contributed by atoms with Crippen molar-refractivity contribution in [2.45, 2.75) is 44.5 Å². The van der Waals surface area contributed by atoms with Gasteiger partial charge in [0.1, 0.15) is 5.54 Å². The topological polar surface area (TPSA) is 21.3 Å². The van der Waals surface area contributed by atoms with Crippen molar-refractivity contribution in [3.63, 3.8) is 0 Å². The average Bonchev–Trinajstić information content (AvgIpc) is 2.01. The van der Waals surface area contributed by atoms with Crippen molar-refractivity contribution < 1.29 is 17.9 Å². The average molecular weight is 213 g/mol. The molecule has 0 radical (unpaired) electrons. The van der Waals surface area contributed by atoms with Crippen LogP contribution < -0.4 is 5.32 Å². The Morgan fingerprint density at radius 2 is 1.57 bits per heavy atom. The van der Waals surface area contributed by atoms with Gasteiger partial charge in [-0.15, -0.1) is 0 Å². The Labute approximate surface area is 82.8 Å². The number of hydrogen-bond donors (Lipinski definition) is 1. The van der Waals surface area contributed by atoms with E-state index in [1.165, 1.54) is 14.2 Å². The van der Waals surface area contributed by atoms with Crippen LogP contribution in [0, 0.1) is 0 Å². The molecule has 1 atom stereocenters. The van der Waals surface area contributed by atoms with Crippen LogP contribution in [0.2, 0.25) is 0 Å². The molecule has 2 nitrogen and oxygen atoms in total. The molecule has 0 aromatic carbocycles. The molecule has 0 saturated carbocycles. The minimum absolute atomic E-state index is 0.128. The lowest BCUT2D eigenvalue weighted by Crippen LogP contribution is -2.56. The summed E-state index contributed by atoms with van der Waals surface area (Å²) in [4.78, 5) is 0. The largest absolute Gasteiger partial charge is 0.406 e. The summed E-state index contributed by atoms with van der Waals surface area (Å²) in [7, 11) is 2.71. The Hall–Kier alpha value is -0.290. The Bertz CT molecular complexity index is 191.